The van der Waals surface area contributed by atoms with Gasteiger partial charge in [0.05, 0.1) is 16.4 Å². The molecule has 0 N–H and O–H groups in total. The van der Waals surface area contributed by atoms with Crippen LogP contribution in [0.1, 0.15) is 16.3 Å². The molecule has 0 amide bonds. The third-order valence-electron chi connectivity index (χ3n) is 3.59. The molecular weight excluding hydrogens is 350 g/mol. The fourth-order valence-corrected chi connectivity index (χ4v) is 4.12. The molecule has 5 nitrogen and oxygen atoms in total. The third kappa shape index (κ3) is 3.94. The van der Waals surface area contributed by atoms with Gasteiger partial charge in [0.2, 0.25) is 5.16 Å². The highest BCUT2D eigenvalue weighted by atomic mass is 32.2. The van der Waals surface area contributed by atoms with Gasteiger partial charge >= 0.3 is 0 Å². The van der Waals surface area contributed by atoms with Crippen LogP contribution in [0.2, 0.25) is 0 Å². The van der Waals surface area contributed by atoms with Crippen LogP contribution in [0.5, 0.6) is 0 Å². The van der Waals surface area contributed by atoms with Crippen molar-refractivity contribution < 1.29 is 0 Å². The second-order valence-corrected chi connectivity index (χ2v) is 7.28. The molecule has 25 heavy (non-hydrogen) atoms. The Morgan fingerprint density at radius 2 is 1.72 bits per heavy atom. The highest BCUT2D eigenvalue weighted by Gasteiger charge is 2.10. The quantitative estimate of drug-likeness (QED) is 0.483. The second kappa shape index (κ2) is 7.58. The van der Waals surface area contributed by atoms with E-state index >= 15 is 0 Å². The first-order valence-corrected chi connectivity index (χ1v) is 9.69. The zero-order valence-electron chi connectivity index (χ0n) is 13.3. The van der Waals surface area contributed by atoms with Gasteiger partial charge in [-0.15, -0.1) is 16.4 Å². The number of tetrazole rings is 1. The zero-order chi connectivity index (χ0) is 16.9. The van der Waals surface area contributed by atoms with E-state index in [1.165, 1.54) is 5.56 Å². The number of thiazole rings is 1. The average Bonchev–Trinajstić information content (AvgIpc) is 3.31. The van der Waals surface area contributed by atoms with Gasteiger partial charge in [-0.3, -0.25) is 0 Å². The zero-order valence-corrected chi connectivity index (χ0v) is 15.0. The van der Waals surface area contributed by atoms with Crippen molar-refractivity contribution in [3.8, 4) is 5.69 Å². The van der Waals surface area contributed by atoms with E-state index in [9.17, 15) is 0 Å². The van der Waals surface area contributed by atoms with Gasteiger partial charge in [-0.05, 0) is 28.1 Å². The fraction of sp³-hybridized carbons (Fsp3) is 0.111. The number of thioether (sulfide) groups is 1. The number of hydrogen-bond acceptors (Lipinski definition) is 6. The van der Waals surface area contributed by atoms with Crippen LogP contribution in [0.25, 0.3) is 5.69 Å². The molecule has 0 atom stereocenters. The van der Waals surface area contributed by atoms with E-state index in [-0.39, 0.29) is 0 Å². The Balaban J connectivity index is 1.42. The van der Waals surface area contributed by atoms with Gasteiger partial charge in [0.25, 0.3) is 0 Å². The van der Waals surface area contributed by atoms with Crippen LogP contribution in [0.4, 0.5) is 0 Å². The van der Waals surface area contributed by atoms with Crippen molar-refractivity contribution in [1.82, 2.24) is 25.2 Å². The lowest BCUT2D eigenvalue weighted by molar-refractivity contribution is 0.756. The molecule has 0 aliphatic rings. The molecular formula is C18H15N5S2. The van der Waals surface area contributed by atoms with E-state index in [0.29, 0.717) is 0 Å². The topological polar surface area (TPSA) is 56.5 Å². The van der Waals surface area contributed by atoms with E-state index in [1.807, 2.05) is 36.4 Å². The van der Waals surface area contributed by atoms with Gasteiger partial charge in [0.15, 0.2) is 0 Å². The van der Waals surface area contributed by atoms with Crippen LogP contribution < -0.4 is 0 Å². The summed E-state index contributed by atoms with van der Waals surface area (Å²) in [6.45, 7) is 0. The first kappa shape index (κ1) is 16.0. The predicted molar refractivity (Wildman–Crippen MR) is 100 cm³/mol. The van der Waals surface area contributed by atoms with Crippen molar-refractivity contribution in [3.05, 3.63) is 82.3 Å². The summed E-state index contributed by atoms with van der Waals surface area (Å²) >= 11 is 3.29. The Hall–Kier alpha value is -2.51. The summed E-state index contributed by atoms with van der Waals surface area (Å²) in [5.41, 5.74) is 3.30. The predicted octanol–water partition coefficient (Wildman–Crippen LogP) is 4.00. The van der Waals surface area contributed by atoms with Crippen LogP contribution in [-0.2, 0) is 12.2 Å². The van der Waals surface area contributed by atoms with Crippen LogP contribution in [-0.4, -0.2) is 25.2 Å². The largest absolute Gasteiger partial charge is 0.245 e. The van der Waals surface area contributed by atoms with Crippen LogP contribution in [0.3, 0.4) is 0 Å². The summed E-state index contributed by atoms with van der Waals surface area (Å²) in [5, 5.41) is 16.0. The summed E-state index contributed by atoms with van der Waals surface area (Å²) in [6, 6.07) is 20.3. The third-order valence-corrected chi connectivity index (χ3v) is 5.44. The molecule has 0 saturated heterocycles. The summed E-state index contributed by atoms with van der Waals surface area (Å²) in [7, 11) is 0. The maximum absolute atomic E-state index is 4.73. The Kier molecular flexibility index (Phi) is 4.85. The summed E-state index contributed by atoms with van der Waals surface area (Å²) in [4.78, 5) is 4.73. The van der Waals surface area contributed by atoms with Crippen molar-refractivity contribution >= 4 is 23.1 Å². The molecule has 0 aliphatic heterocycles. The number of rotatable bonds is 6. The minimum Gasteiger partial charge on any atom is -0.245 e. The molecule has 4 aromatic rings. The first-order chi connectivity index (χ1) is 12.4. The SMILES string of the molecule is c1ccc(Cc2nc(CSc3nnnn3-c3ccccc3)cs2)cc1. The van der Waals surface area contributed by atoms with Crippen LogP contribution in [0.15, 0.2) is 71.2 Å². The number of aromatic nitrogens is 5. The fourth-order valence-electron chi connectivity index (χ4n) is 2.41. The molecule has 0 aliphatic carbocycles. The van der Waals surface area contributed by atoms with Gasteiger partial charge < -0.3 is 0 Å². The Morgan fingerprint density at radius 3 is 2.52 bits per heavy atom. The highest BCUT2D eigenvalue weighted by Crippen LogP contribution is 2.24. The minimum absolute atomic E-state index is 0.749. The summed E-state index contributed by atoms with van der Waals surface area (Å²) in [5.74, 6) is 0.749. The maximum atomic E-state index is 4.73. The van der Waals surface area contributed by atoms with Crippen molar-refractivity contribution in [1.29, 1.82) is 0 Å². The monoisotopic (exact) mass is 365 g/mol. The van der Waals surface area contributed by atoms with E-state index in [4.69, 9.17) is 4.98 Å². The van der Waals surface area contributed by atoms with Crippen molar-refractivity contribution in [2.45, 2.75) is 17.3 Å². The van der Waals surface area contributed by atoms with Gasteiger partial charge in [-0.2, -0.15) is 4.68 Å². The summed E-state index contributed by atoms with van der Waals surface area (Å²) < 4.78 is 1.75. The van der Waals surface area contributed by atoms with Crippen molar-refractivity contribution in [2.75, 3.05) is 0 Å². The Bertz CT molecular complexity index is 934. The smallest absolute Gasteiger partial charge is 0.214 e. The van der Waals surface area contributed by atoms with E-state index in [1.54, 1.807) is 27.8 Å². The molecule has 0 radical (unpaired) electrons. The lowest BCUT2D eigenvalue weighted by Crippen LogP contribution is -1.98. The van der Waals surface area contributed by atoms with Crippen LogP contribution >= 0.6 is 23.1 Å². The molecule has 4 rings (SSSR count). The second-order valence-electron chi connectivity index (χ2n) is 5.39. The normalized spacial score (nSPS) is 10.9. The molecule has 2 aromatic heterocycles. The molecule has 0 saturated carbocycles. The van der Waals surface area contributed by atoms with Gasteiger partial charge in [0, 0.05) is 17.6 Å². The Morgan fingerprint density at radius 1 is 0.960 bits per heavy atom. The van der Waals surface area contributed by atoms with Crippen molar-refractivity contribution in [2.24, 2.45) is 0 Å². The number of para-hydroxylation sites is 1. The number of benzene rings is 2. The number of nitrogens with zero attached hydrogens (tertiary/aromatic N) is 5. The summed E-state index contributed by atoms with van der Waals surface area (Å²) in [6.07, 6.45) is 0.873. The lowest BCUT2D eigenvalue weighted by Gasteiger charge is -2.02. The molecule has 124 valence electrons. The highest BCUT2D eigenvalue weighted by molar-refractivity contribution is 7.98. The Labute approximate surface area is 153 Å². The van der Waals surface area contributed by atoms with E-state index < -0.39 is 0 Å². The molecule has 0 unspecified atom stereocenters. The minimum atomic E-state index is 0.749. The van der Waals surface area contributed by atoms with Gasteiger partial charge in [-0.25, -0.2) is 4.98 Å². The number of hydrogen-bond donors (Lipinski definition) is 0. The van der Waals surface area contributed by atoms with Crippen LogP contribution in [0, 0.1) is 0 Å². The molecule has 2 aromatic carbocycles. The van der Waals surface area contributed by atoms with E-state index in [0.717, 1.165) is 33.7 Å². The molecule has 0 bridgehead atoms. The lowest BCUT2D eigenvalue weighted by atomic mass is 10.2. The van der Waals surface area contributed by atoms with Crippen molar-refractivity contribution in [3.63, 3.8) is 0 Å². The standard InChI is InChI=1S/C18H15N5S2/c1-3-7-14(8-4-1)11-17-19-15(12-24-17)13-25-18-20-21-22-23(18)16-9-5-2-6-10-16/h1-10,12H,11,13H2. The first-order valence-electron chi connectivity index (χ1n) is 7.82. The molecule has 7 heteroatoms. The van der Waals surface area contributed by atoms with Gasteiger partial charge in [0.1, 0.15) is 0 Å². The molecule has 0 fully saturated rings. The molecule has 0 spiro atoms. The average molecular weight is 365 g/mol. The van der Waals surface area contributed by atoms with Gasteiger partial charge in [-0.1, -0.05) is 60.3 Å². The maximum Gasteiger partial charge on any atom is 0.214 e. The van der Waals surface area contributed by atoms with E-state index in [2.05, 4.69) is 45.2 Å². The molecule has 2 heterocycles.